The summed E-state index contributed by atoms with van der Waals surface area (Å²) in [5, 5.41) is 6.25. The van der Waals surface area contributed by atoms with Crippen LogP contribution in [0.1, 0.15) is 39.2 Å². The number of rotatable bonds is 5. The summed E-state index contributed by atoms with van der Waals surface area (Å²) in [5.41, 5.74) is 0.267. The number of ether oxygens (including phenoxy) is 1. The largest absolute Gasteiger partial charge is 0.444 e. The second-order valence-corrected chi connectivity index (χ2v) is 6.81. The van der Waals surface area contributed by atoms with E-state index >= 15 is 0 Å². The van der Waals surface area contributed by atoms with Crippen LogP contribution in [0.15, 0.2) is 24.3 Å². The van der Waals surface area contributed by atoms with Gasteiger partial charge in [0.15, 0.2) is 0 Å². The van der Waals surface area contributed by atoms with Crippen LogP contribution in [0, 0.1) is 5.82 Å². The van der Waals surface area contributed by atoms with Crippen LogP contribution in [0.5, 0.6) is 0 Å². The predicted octanol–water partition coefficient (Wildman–Crippen LogP) is 3.01. The van der Waals surface area contributed by atoms with Gasteiger partial charge < -0.3 is 15.4 Å². The van der Waals surface area contributed by atoms with Gasteiger partial charge in [-0.05, 0) is 58.2 Å². The van der Waals surface area contributed by atoms with E-state index in [1.165, 1.54) is 6.07 Å². The summed E-state index contributed by atoms with van der Waals surface area (Å²) in [6, 6.07) is 7.39. The van der Waals surface area contributed by atoms with Crippen molar-refractivity contribution >= 4 is 6.09 Å². The number of benzene rings is 1. The van der Waals surface area contributed by atoms with E-state index in [1.807, 2.05) is 32.9 Å². The molecular formula is C17H25FN2O2. The van der Waals surface area contributed by atoms with Crippen LogP contribution in [0.2, 0.25) is 0 Å². The highest BCUT2D eigenvalue weighted by Crippen LogP contribution is 2.20. The van der Waals surface area contributed by atoms with Crippen LogP contribution in [0.25, 0.3) is 0 Å². The zero-order valence-electron chi connectivity index (χ0n) is 13.5. The molecule has 0 bridgehead atoms. The first-order valence-corrected chi connectivity index (χ1v) is 7.80. The minimum absolute atomic E-state index is 0.151. The minimum atomic E-state index is -0.467. The van der Waals surface area contributed by atoms with Gasteiger partial charge in [0.2, 0.25) is 0 Å². The van der Waals surface area contributed by atoms with Crippen molar-refractivity contribution in [3.05, 3.63) is 35.6 Å². The van der Waals surface area contributed by atoms with E-state index in [-0.39, 0.29) is 18.0 Å². The first-order chi connectivity index (χ1) is 10.3. The van der Waals surface area contributed by atoms with E-state index in [0.29, 0.717) is 12.5 Å². The second kappa shape index (κ2) is 7.09. The molecule has 2 rings (SSSR count). The Morgan fingerprint density at radius 3 is 2.59 bits per heavy atom. The van der Waals surface area contributed by atoms with E-state index in [4.69, 9.17) is 4.74 Å². The summed E-state index contributed by atoms with van der Waals surface area (Å²) in [5.74, 6) is -0.151. The fraction of sp³-hybridized carbons (Fsp3) is 0.588. The van der Waals surface area contributed by atoms with E-state index < -0.39 is 5.60 Å². The molecule has 0 aliphatic heterocycles. The molecule has 2 N–H and O–H groups in total. The van der Waals surface area contributed by atoms with Gasteiger partial charge in [-0.2, -0.15) is 0 Å². The van der Waals surface area contributed by atoms with Crippen LogP contribution in [0.4, 0.5) is 9.18 Å². The molecule has 22 heavy (non-hydrogen) atoms. The summed E-state index contributed by atoms with van der Waals surface area (Å²) in [7, 11) is 0. The van der Waals surface area contributed by atoms with E-state index in [2.05, 4.69) is 10.6 Å². The maximum atomic E-state index is 13.5. The number of carbonyl (C=O) groups is 1. The second-order valence-electron chi connectivity index (χ2n) is 6.81. The summed E-state index contributed by atoms with van der Waals surface area (Å²) >= 11 is 0. The molecule has 1 amide bonds. The van der Waals surface area contributed by atoms with Gasteiger partial charge >= 0.3 is 6.09 Å². The van der Waals surface area contributed by atoms with Crippen LogP contribution in [-0.4, -0.2) is 30.3 Å². The third-order valence-electron chi connectivity index (χ3n) is 3.64. The van der Waals surface area contributed by atoms with Gasteiger partial charge in [0.05, 0.1) is 0 Å². The Bertz CT molecular complexity index is 508. The number of amides is 1. The lowest BCUT2D eigenvalue weighted by molar-refractivity contribution is 0.0465. The normalized spacial score (nSPS) is 21.1. The Morgan fingerprint density at radius 2 is 1.95 bits per heavy atom. The van der Waals surface area contributed by atoms with Gasteiger partial charge in [0.25, 0.3) is 0 Å². The van der Waals surface area contributed by atoms with Gasteiger partial charge in [-0.1, -0.05) is 18.2 Å². The van der Waals surface area contributed by atoms with Crippen molar-refractivity contribution in [2.75, 3.05) is 6.54 Å². The molecule has 0 heterocycles. The monoisotopic (exact) mass is 308 g/mol. The van der Waals surface area contributed by atoms with Gasteiger partial charge in [-0.25, -0.2) is 9.18 Å². The summed E-state index contributed by atoms with van der Waals surface area (Å²) in [6.45, 7) is 6.28. The zero-order chi connectivity index (χ0) is 16.2. The third-order valence-corrected chi connectivity index (χ3v) is 3.64. The molecule has 1 aromatic carbocycles. The van der Waals surface area contributed by atoms with Crippen molar-refractivity contribution < 1.29 is 13.9 Å². The van der Waals surface area contributed by atoms with Gasteiger partial charge in [0, 0.05) is 12.1 Å². The molecular weight excluding hydrogens is 283 g/mol. The van der Waals surface area contributed by atoms with Crippen molar-refractivity contribution in [2.24, 2.45) is 0 Å². The number of halogens is 1. The molecule has 1 saturated carbocycles. The molecule has 0 atom stereocenters. The fourth-order valence-corrected chi connectivity index (χ4v) is 2.49. The average molecular weight is 308 g/mol. The van der Waals surface area contributed by atoms with E-state index in [1.54, 1.807) is 6.07 Å². The molecule has 0 unspecified atom stereocenters. The average Bonchev–Trinajstić information content (AvgIpc) is 2.35. The summed E-state index contributed by atoms with van der Waals surface area (Å²) in [6.07, 6.45) is 2.09. The zero-order valence-corrected chi connectivity index (χ0v) is 13.5. The SMILES string of the molecule is CC(C)(C)OC(=O)NC1CC(NCCc2ccccc2F)C1. The standard InChI is InChI=1S/C17H25FN2O2/c1-17(2,3)22-16(21)20-14-10-13(11-14)19-9-8-12-6-4-5-7-15(12)18/h4-7,13-14,19H,8-11H2,1-3H3,(H,20,21). The Balaban J connectivity index is 1.60. The number of carbonyl (C=O) groups excluding carboxylic acids is 1. The molecule has 122 valence electrons. The molecule has 5 heteroatoms. The quantitative estimate of drug-likeness (QED) is 0.879. The topological polar surface area (TPSA) is 50.4 Å². The van der Waals surface area contributed by atoms with Gasteiger partial charge in [-0.3, -0.25) is 0 Å². The molecule has 1 aliphatic rings. The van der Waals surface area contributed by atoms with Crippen molar-refractivity contribution in [3.63, 3.8) is 0 Å². The van der Waals surface area contributed by atoms with E-state index in [0.717, 1.165) is 24.9 Å². The lowest BCUT2D eigenvalue weighted by Gasteiger charge is -2.36. The van der Waals surface area contributed by atoms with Crippen molar-refractivity contribution in [2.45, 2.75) is 57.7 Å². The summed E-state index contributed by atoms with van der Waals surface area (Å²) in [4.78, 5) is 11.6. The number of alkyl carbamates (subject to hydrolysis) is 1. The van der Waals surface area contributed by atoms with Crippen molar-refractivity contribution in [1.29, 1.82) is 0 Å². The highest BCUT2D eigenvalue weighted by molar-refractivity contribution is 5.68. The highest BCUT2D eigenvalue weighted by atomic mass is 19.1. The van der Waals surface area contributed by atoms with Gasteiger partial charge in [0.1, 0.15) is 11.4 Å². The van der Waals surface area contributed by atoms with Crippen LogP contribution in [0.3, 0.4) is 0 Å². The smallest absolute Gasteiger partial charge is 0.407 e. The highest BCUT2D eigenvalue weighted by Gasteiger charge is 2.31. The number of hydrogen-bond donors (Lipinski definition) is 2. The van der Waals surface area contributed by atoms with Crippen molar-refractivity contribution in [3.8, 4) is 0 Å². The molecule has 4 nitrogen and oxygen atoms in total. The van der Waals surface area contributed by atoms with Crippen LogP contribution < -0.4 is 10.6 Å². The Hall–Kier alpha value is -1.62. The maximum absolute atomic E-state index is 13.5. The first-order valence-electron chi connectivity index (χ1n) is 7.80. The van der Waals surface area contributed by atoms with Crippen molar-refractivity contribution in [1.82, 2.24) is 10.6 Å². The number of hydrogen-bond acceptors (Lipinski definition) is 3. The fourth-order valence-electron chi connectivity index (χ4n) is 2.49. The van der Waals surface area contributed by atoms with Gasteiger partial charge in [-0.15, -0.1) is 0 Å². The Kier molecular flexibility index (Phi) is 5.40. The van der Waals surface area contributed by atoms with Crippen LogP contribution >= 0.6 is 0 Å². The third kappa shape index (κ3) is 5.30. The molecule has 0 spiro atoms. The summed E-state index contributed by atoms with van der Waals surface area (Å²) < 4.78 is 18.7. The molecule has 1 aliphatic carbocycles. The maximum Gasteiger partial charge on any atom is 0.407 e. The molecule has 0 radical (unpaired) electrons. The van der Waals surface area contributed by atoms with E-state index in [9.17, 15) is 9.18 Å². The molecule has 0 saturated heterocycles. The molecule has 0 aromatic heterocycles. The molecule has 1 fully saturated rings. The van der Waals surface area contributed by atoms with Crippen LogP contribution in [-0.2, 0) is 11.2 Å². The molecule has 1 aromatic rings. The Labute approximate surface area is 131 Å². The lowest BCUT2D eigenvalue weighted by Crippen LogP contribution is -2.53. The number of nitrogens with one attached hydrogen (secondary N) is 2. The predicted molar refractivity (Wildman–Crippen MR) is 84.3 cm³/mol. The minimum Gasteiger partial charge on any atom is -0.444 e. The lowest BCUT2D eigenvalue weighted by atomic mass is 9.87. The Morgan fingerprint density at radius 1 is 1.27 bits per heavy atom. The first kappa shape index (κ1) is 16.7.